The van der Waals surface area contributed by atoms with Crippen molar-refractivity contribution in [3.63, 3.8) is 0 Å². The lowest BCUT2D eigenvalue weighted by atomic mass is 10.1. The Hall–Kier alpha value is -2.34. The van der Waals surface area contributed by atoms with Crippen LogP contribution in [0.3, 0.4) is 0 Å². The quantitative estimate of drug-likeness (QED) is 0.654. The highest BCUT2D eigenvalue weighted by Gasteiger charge is 2.22. The van der Waals surface area contributed by atoms with Gasteiger partial charge in [-0.3, -0.25) is 9.59 Å². The van der Waals surface area contributed by atoms with Gasteiger partial charge in [0.2, 0.25) is 0 Å². The summed E-state index contributed by atoms with van der Waals surface area (Å²) in [7, 11) is 0. The molecule has 0 aliphatic rings. The summed E-state index contributed by atoms with van der Waals surface area (Å²) in [4.78, 5) is 22.9. The zero-order valence-electron chi connectivity index (χ0n) is 14.0. The average molecular weight is 365 g/mol. The number of unbranched alkanes of at least 4 members (excludes halogenated alkanes) is 3. The van der Waals surface area contributed by atoms with Gasteiger partial charge in [-0.2, -0.15) is 0 Å². The minimum Gasteiger partial charge on any atom is -0.481 e. The largest absolute Gasteiger partial charge is 0.481 e. The van der Waals surface area contributed by atoms with Crippen molar-refractivity contribution in [2.45, 2.75) is 39.0 Å². The molecule has 0 fully saturated rings. The Morgan fingerprint density at radius 1 is 1.20 bits per heavy atom. The van der Waals surface area contributed by atoms with E-state index in [0.29, 0.717) is 40.6 Å². The van der Waals surface area contributed by atoms with E-state index in [4.69, 9.17) is 21.2 Å². The third-order valence-corrected chi connectivity index (χ3v) is 4.15. The topological polar surface area (TPSA) is 92.4 Å². The van der Waals surface area contributed by atoms with E-state index in [9.17, 15) is 9.59 Å². The molecule has 0 spiro atoms. The molecular weight excluding hydrogens is 344 g/mol. The van der Waals surface area contributed by atoms with Crippen molar-refractivity contribution in [1.82, 2.24) is 10.5 Å². The number of hydrogen-bond acceptors (Lipinski definition) is 4. The van der Waals surface area contributed by atoms with Crippen molar-refractivity contribution in [2.24, 2.45) is 0 Å². The molecule has 2 aromatic rings. The zero-order chi connectivity index (χ0) is 18.2. The molecule has 1 amide bonds. The number of aliphatic carboxylic acids is 1. The van der Waals surface area contributed by atoms with Crippen LogP contribution in [0.2, 0.25) is 5.02 Å². The van der Waals surface area contributed by atoms with Crippen LogP contribution in [0, 0.1) is 6.92 Å². The SMILES string of the molecule is Cc1onc(-c2ccccc2Cl)c1C(=O)NCCCCCCC(=O)O. The number of nitrogens with zero attached hydrogens (tertiary/aromatic N) is 1. The molecule has 25 heavy (non-hydrogen) atoms. The van der Waals surface area contributed by atoms with Gasteiger partial charge in [-0.05, 0) is 25.8 Å². The summed E-state index contributed by atoms with van der Waals surface area (Å²) in [6.07, 6.45) is 3.34. The maximum Gasteiger partial charge on any atom is 0.303 e. The fourth-order valence-corrected chi connectivity index (χ4v) is 2.75. The fraction of sp³-hybridized carbons (Fsp3) is 0.389. The van der Waals surface area contributed by atoms with Crippen LogP contribution in [0.4, 0.5) is 0 Å². The Bertz CT molecular complexity index is 742. The van der Waals surface area contributed by atoms with E-state index in [1.165, 1.54) is 0 Å². The maximum atomic E-state index is 12.5. The molecule has 134 valence electrons. The van der Waals surface area contributed by atoms with Crippen molar-refractivity contribution >= 4 is 23.5 Å². The lowest BCUT2D eigenvalue weighted by Gasteiger charge is -2.06. The first-order valence-electron chi connectivity index (χ1n) is 8.22. The normalized spacial score (nSPS) is 10.6. The van der Waals surface area contributed by atoms with Crippen LogP contribution in [-0.4, -0.2) is 28.7 Å². The minimum atomic E-state index is -0.775. The maximum absolute atomic E-state index is 12.5. The van der Waals surface area contributed by atoms with Crippen molar-refractivity contribution < 1.29 is 19.2 Å². The molecule has 0 radical (unpaired) electrons. The molecule has 2 rings (SSSR count). The van der Waals surface area contributed by atoms with Gasteiger partial charge in [0, 0.05) is 18.5 Å². The highest BCUT2D eigenvalue weighted by Crippen LogP contribution is 2.30. The van der Waals surface area contributed by atoms with Gasteiger partial charge < -0.3 is 14.9 Å². The monoisotopic (exact) mass is 364 g/mol. The average Bonchev–Trinajstić information content (AvgIpc) is 2.95. The lowest BCUT2D eigenvalue weighted by Crippen LogP contribution is -2.25. The van der Waals surface area contributed by atoms with Crippen molar-refractivity contribution in [3.05, 3.63) is 40.6 Å². The molecule has 0 saturated heterocycles. The summed E-state index contributed by atoms with van der Waals surface area (Å²) in [6, 6.07) is 7.16. The van der Waals surface area contributed by atoms with Crippen molar-refractivity contribution in [3.8, 4) is 11.3 Å². The van der Waals surface area contributed by atoms with E-state index in [2.05, 4.69) is 10.5 Å². The molecule has 0 atom stereocenters. The summed E-state index contributed by atoms with van der Waals surface area (Å²) >= 11 is 6.19. The van der Waals surface area contributed by atoms with Crippen LogP contribution >= 0.6 is 11.6 Å². The number of carboxylic acids is 1. The zero-order valence-corrected chi connectivity index (χ0v) is 14.8. The number of hydrogen-bond donors (Lipinski definition) is 2. The van der Waals surface area contributed by atoms with Gasteiger partial charge in [0.05, 0.1) is 5.02 Å². The molecule has 1 aromatic carbocycles. The number of aromatic nitrogens is 1. The summed E-state index contributed by atoms with van der Waals surface area (Å²) in [6.45, 7) is 2.20. The molecule has 2 N–H and O–H groups in total. The molecule has 7 heteroatoms. The number of rotatable bonds is 9. The molecule has 0 unspecified atom stereocenters. The van der Waals surface area contributed by atoms with Gasteiger partial charge in [-0.15, -0.1) is 0 Å². The number of carboxylic acid groups (broad SMARTS) is 1. The van der Waals surface area contributed by atoms with Gasteiger partial charge in [-0.25, -0.2) is 0 Å². The minimum absolute atomic E-state index is 0.188. The van der Waals surface area contributed by atoms with Gasteiger partial charge in [-0.1, -0.05) is 47.8 Å². The van der Waals surface area contributed by atoms with Gasteiger partial charge in [0.15, 0.2) is 0 Å². The second kappa shape index (κ2) is 9.22. The van der Waals surface area contributed by atoms with Crippen molar-refractivity contribution in [2.75, 3.05) is 6.54 Å². The van der Waals surface area contributed by atoms with Crippen LogP contribution in [-0.2, 0) is 4.79 Å². The predicted octanol–water partition coefficient (Wildman–Crippen LogP) is 4.07. The smallest absolute Gasteiger partial charge is 0.303 e. The Morgan fingerprint density at radius 2 is 1.92 bits per heavy atom. The molecule has 0 aliphatic heterocycles. The highest BCUT2D eigenvalue weighted by atomic mass is 35.5. The molecule has 1 heterocycles. The highest BCUT2D eigenvalue weighted by molar-refractivity contribution is 6.33. The fourth-order valence-electron chi connectivity index (χ4n) is 2.52. The number of nitrogens with one attached hydrogen (secondary N) is 1. The van der Waals surface area contributed by atoms with E-state index in [0.717, 1.165) is 19.3 Å². The van der Waals surface area contributed by atoms with Crippen LogP contribution in [0.25, 0.3) is 11.3 Å². The Labute approximate surface area is 151 Å². The molecule has 0 saturated carbocycles. The van der Waals surface area contributed by atoms with Crippen LogP contribution < -0.4 is 5.32 Å². The van der Waals surface area contributed by atoms with E-state index in [-0.39, 0.29) is 12.3 Å². The first-order chi connectivity index (χ1) is 12.0. The molecule has 0 aliphatic carbocycles. The van der Waals surface area contributed by atoms with Crippen LogP contribution in [0.5, 0.6) is 0 Å². The Balaban J connectivity index is 1.91. The summed E-state index contributed by atoms with van der Waals surface area (Å²) in [5.41, 5.74) is 1.47. The van der Waals surface area contributed by atoms with Gasteiger partial charge >= 0.3 is 5.97 Å². The van der Waals surface area contributed by atoms with Crippen LogP contribution in [0.15, 0.2) is 28.8 Å². The Kier molecular flexibility index (Phi) is 7.01. The van der Waals surface area contributed by atoms with E-state index >= 15 is 0 Å². The second-order valence-electron chi connectivity index (χ2n) is 5.76. The summed E-state index contributed by atoms with van der Waals surface area (Å²) in [5, 5.41) is 15.9. The molecule has 6 nitrogen and oxygen atoms in total. The number of carbonyl (C=O) groups is 2. The molecule has 0 bridgehead atoms. The van der Waals surface area contributed by atoms with E-state index in [1.807, 2.05) is 12.1 Å². The number of halogens is 1. The van der Waals surface area contributed by atoms with Crippen LogP contribution in [0.1, 0.15) is 48.2 Å². The predicted molar refractivity (Wildman–Crippen MR) is 94.7 cm³/mol. The van der Waals surface area contributed by atoms with E-state index in [1.54, 1.807) is 19.1 Å². The number of benzene rings is 1. The Morgan fingerprint density at radius 3 is 2.64 bits per heavy atom. The van der Waals surface area contributed by atoms with Crippen molar-refractivity contribution in [1.29, 1.82) is 0 Å². The van der Waals surface area contributed by atoms with Gasteiger partial charge in [0.1, 0.15) is 17.0 Å². The first kappa shape index (κ1) is 19.0. The van der Waals surface area contributed by atoms with E-state index < -0.39 is 5.97 Å². The number of aryl methyl sites for hydroxylation is 1. The molecule has 1 aromatic heterocycles. The summed E-state index contributed by atoms with van der Waals surface area (Å²) < 4.78 is 5.18. The standard InChI is InChI=1S/C18H21ClN2O4/c1-12-16(17(21-25-12)13-8-5-6-9-14(13)19)18(24)20-11-7-3-2-4-10-15(22)23/h5-6,8-9H,2-4,7,10-11H2,1H3,(H,20,24)(H,22,23). The number of carbonyl (C=O) groups excluding carboxylic acids is 1. The second-order valence-corrected chi connectivity index (χ2v) is 6.16. The van der Waals surface area contributed by atoms with Gasteiger partial charge in [0.25, 0.3) is 5.91 Å². The number of amides is 1. The third kappa shape index (κ3) is 5.32. The summed E-state index contributed by atoms with van der Waals surface area (Å²) in [5.74, 6) is -0.587. The first-order valence-corrected chi connectivity index (χ1v) is 8.59. The molecular formula is C18H21ClN2O4. The third-order valence-electron chi connectivity index (χ3n) is 3.82. The lowest BCUT2D eigenvalue weighted by molar-refractivity contribution is -0.137.